The van der Waals surface area contributed by atoms with Crippen LogP contribution in [0.3, 0.4) is 0 Å². The van der Waals surface area contributed by atoms with Crippen LogP contribution in [-0.2, 0) is 6.61 Å². The number of hydrogen-bond donors (Lipinski definition) is 0. The van der Waals surface area contributed by atoms with Crippen molar-refractivity contribution < 1.29 is 18.3 Å². The van der Waals surface area contributed by atoms with E-state index >= 15 is 0 Å². The molecule has 0 heterocycles. The second-order valence-corrected chi connectivity index (χ2v) is 3.72. The number of carbonyl (C=O) groups excluding carboxylic acids is 1. The third-order valence-corrected chi connectivity index (χ3v) is 2.41. The molecule has 0 spiro atoms. The first-order chi connectivity index (χ1) is 8.69. The summed E-state index contributed by atoms with van der Waals surface area (Å²) in [5.74, 6) is -0.637. The van der Waals surface area contributed by atoms with Crippen molar-refractivity contribution in [2.45, 2.75) is 6.61 Å². The smallest absolute Gasteiger partial charge is 0.153 e. The Morgan fingerprint density at radius 2 is 1.67 bits per heavy atom. The summed E-state index contributed by atoms with van der Waals surface area (Å²) in [6.45, 7) is 0.143. The Kier molecular flexibility index (Phi) is 3.67. The van der Waals surface area contributed by atoms with E-state index in [0.717, 1.165) is 11.6 Å². The molecule has 2 aromatic carbocycles. The average molecular weight is 248 g/mol. The van der Waals surface area contributed by atoms with Crippen molar-refractivity contribution in [3.63, 3.8) is 0 Å². The number of hydrogen-bond acceptors (Lipinski definition) is 2. The lowest BCUT2D eigenvalue weighted by atomic mass is 10.2. The van der Waals surface area contributed by atoms with E-state index in [1.54, 1.807) is 12.1 Å². The summed E-state index contributed by atoms with van der Waals surface area (Å²) in [7, 11) is 0. The highest BCUT2D eigenvalue weighted by atomic mass is 19.1. The minimum absolute atomic E-state index is 0.143. The second-order valence-electron chi connectivity index (χ2n) is 3.72. The molecule has 0 atom stereocenters. The average Bonchev–Trinajstić information content (AvgIpc) is 2.38. The van der Waals surface area contributed by atoms with E-state index in [4.69, 9.17) is 4.74 Å². The zero-order valence-corrected chi connectivity index (χ0v) is 9.40. The van der Waals surface area contributed by atoms with Gasteiger partial charge in [0.15, 0.2) is 6.29 Å². The molecule has 2 rings (SSSR count). The van der Waals surface area contributed by atoms with Crippen molar-refractivity contribution in [3.05, 3.63) is 65.2 Å². The minimum Gasteiger partial charge on any atom is -0.488 e. The van der Waals surface area contributed by atoms with Crippen molar-refractivity contribution in [1.82, 2.24) is 0 Å². The molecule has 2 nitrogen and oxygen atoms in total. The fraction of sp³-hybridized carbons (Fsp3) is 0.0714. The molecule has 0 aliphatic carbocycles. The normalized spacial score (nSPS) is 10.1. The minimum atomic E-state index is -0.477. The standard InChI is InChI=1S/C14H10F2O2/c15-12-4-1-10(2-5-12)9-18-14-7-13(16)6-3-11(14)8-17/h1-8H,9H2. The molecule has 92 valence electrons. The number of aldehydes is 1. The zero-order valence-electron chi connectivity index (χ0n) is 9.40. The Bertz CT molecular complexity index is 550. The summed E-state index contributed by atoms with van der Waals surface area (Å²) in [5, 5.41) is 0. The van der Waals surface area contributed by atoms with Crippen LogP contribution in [0.5, 0.6) is 5.75 Å². The van der Waals surface area contributed by atoms with Gasteiger partial charge in [-0.1, -0.05) is 12.1 Å². The molecular formula is C14H10F2O2. The third-order valence-electron chi connectivity index (χ3n) is 2.41. The topological polar surface area (TPSA) is 26.3 Å². The van der Waals surface area contributed by atoms with E-state index in [0.29, 0.717) is 6.29 Å². The van der Waals surface area contributed by atoms with Gasteiger partial charge in [-0.15, -0.1) is 0 Å². The van der Waals surface area contributed by atoms with Gasteiger partial charge in [-0.2, -0.15) is 0 Å². The summed E-state index contributed by atoms with van der Waals surface area (Å²) >= 11 is 0. The number of benzene rings is 2. The summed E-state index contributed by atoms with van der Waals surface area (Å²) in [6, 6.07) is 9.43. The summed E-state index contributed by atoms with van der Waals surface area (Å²) in [5.41, 5.74) is 1.01. The van der Waals surface area contributed by atoms with Crippen LogP contribution < -0.4 is 4.74 Å². The highest BCUT2D eigenvalue weighted by Crippen LogP contribution is 2.19. The molecule has 0 N–H and O–H groups in total. The first-order valence-corrected chi connectivity index (χ1v) is 5.31. The Morgan fingerprint density at radius 1 is 1.00 bits per heavy atom. The summed E-state index contributed by atoms with van der Waals surface area (Å²) in [4.78, 5) is 10.7. The van der Waals surface area contributed by atoms with Gasteiger partial charge >= 0.3 is 0 Å². The van der Waals surface area contributed by atoms with Crippen LogP contribution >= 0.6 is 0 Å². The largest absolute Gasteiger partial charge is 0.488 e. The predicted octanol–water partition coefficient (Wildman–Crippen LogP) is 3.36. The van der Waals surface area contributed by atoms with E-state index in [1.165, 1.54) is 24.3 Å². The Hall–Kier alpha value is -2.23. The summed E-state index contributed by atoms with van der Waals surface area (Å²) in [6.07, 6.45) is 0.597. The fourth-order valence-electron chi connectivity index (χ4n) is 1.47. The van der Waals surface area contributed by atoms with Crippen LogP contribution in [0.1, 0.15) is 15.9 Å². The lowest BCUT2D eigenvalue weighted by Crippen LogP contribution is -1.99. The maximum Gasteiger partial charge on any atom is 0.153 e. The number of rotatable bonds is 4. The first-order valence-electron chi connectivity index (χ1n) is 5.31. The number of halogens is 2. The lowest BCUT2D eigenvalue weighted by Gasteiger charge is -2.08. The Morgan fingerprint density at radius 3 is 2.33 bits per heavy atom. The van der Waals surface area contributed by atoms with Gasteiger partial charge in [0, 0.05) is 6.07 Å². The Labute approximate surface area is 103 Å². The highest BCUT2D eigenvalue weighted by Gasteiger charge is 2.05. The monoisotopic (exact) mass is 248 g/mol. The fourth-order valence-corrected chi connectivity index (χ4v) is 1.47. The Balaban J connectivity index is 2.12. The van der Waals surface area contributed by atoms with Crippen LogP contribution in [-0.4, -0.2) is 6.29 Å². The molecule has 0 aliphatic heterocycles. The van der Waals surface area contributed by atoms with Crippen LogP contribution in [0.25, 0.3) is 0 Å². The van der Waals surface area contributed by atoms with Gasteiger partial charge in [-0.05, 0) is 29.8 Å². The molecule has 0 saturated carbocycles. The molecule has 4 heteroatoms. The predicted molar refractivity (Wildman–Crippen MR) is 62.5 cm³/mol. The van der Waals surface area contributed by atoms with E-state index < -0.39 is 5.82 Å². The lowest BCUT2D eigenvalue weighted by molar-refractivity contribution is 0.111. The SMILES string of the molecule is O=Cc1ccc(F)cc1OCc1ccc(F)cc1. The third kappa shape index (κ3) is 2.91. The molecule has 0 amide bonds. The highest BCUT2D eigenvalue weighted by molar-refractivity contribution is 5.79. The first kappa shape index (κ1) is 12.2. The van der Waals surface area contributed by atoms with Crippen molar-refractivity contribution in [3.8, 4) is 5.75 Å². The van der Waals surface area contributed by atoms with Gasteiger partial charge in [-0.25, -0.2) is 8.78 Å². The van der Waals surface area contributed by atoms with E-state index in [-0.39, 0.29) is 23.7 Å². The van der Waals surface area contributed by atoms with Crippen LogP contribution in [0.4, 0.5) is 8.78 Å². The molecule has 0 unspecified atom stereocenters. The number of ether oxygens (including phenoxy) is 1. The van der Waals surface area contributed by atoms with Gasteiger partial charge in [0.25, 0.3) is 0 Å². The number of carbonyl (C=O) groups is 1. The van der Waals surface area contributed by atoms with Gasteiger partial charge < -0.3 is 4.74 Å². The van der Waals surface area contributed by atoms with Crippen LogP contribution in [0.15, 0.2) is 42.5 Å². The molecule has 0 aliphatic rings. The molecule has 0 saturated heterocycles. The summed E-state index contributed by atoms with van der Waals surface area (Å²) < 4.78 is 31.0. The van der Waals surface area contributed by atoms with E-state index in [9.17, 15) is 13.6 Å². The van der Waals surface area contributed by atoms with Crippen LogP contribution in [0.2, 0.25) is 0 Å². The van der Waals surface area contributed by atoms with Gasteiger partial charge in [0.05, 0.1) is 5.56 Å². The van der Waals surface area contributed by atoms with E-state index in [2.05, 4.69) is 0 Å². The quantitative estimate of drug-likeness (QED) is 0.775. The molecular weight excluding hydrogens is 238 g/mol. The van der Waals surface area contributed by atoms with Gasteiger partial charge in [0.1, 0.15) is 24.0 Å². The second kappa shape index (κ2) is 5.40. The van der Waals surface area contributed by atoms with Crippen molar-refractivity contribution in [2.75, 3.05) is 0 Å². The molecule has 0 aromatic heterocycles. The van der Waals surface area contributed by atoms with Crippen molar-refractivity contribution in [2.24, 2.45) is 0 Å². The zero-order chi connectivity index (χ0) is 13.0. The maximum atomic E-state index is 13.0. The van der Waals surface area contributed by atoms with Gasteiger partial charge in [0.2, 0.25) is 0 Å². The maximum absolute atomic E-state index is 13.0. The molecule has 18 heavy (non-hydrogen) atoms. The van der Waals surface area contributed by atoms with Crippen molar-refractivity contribution in [1.29, 1.82) is 0 Å². The van der Waals surface area contributed by atoms with Crippen molar-refractivity contribution >= 4 is 6.29 Å². The molecule has 0 fully saturated rings. The molecule has 0 radical (unpaired) electrons. The van der Waals surface area contributed by atoms with Crippen LogP contribution in [0, 0.1) is 11.6 Å². The van der Waals surface area contributed by atoms with E-state index in [1.807, 2.05) is 0 Å². The van der Waals surface area contributed by atoms with Gasteiger partial charge in [-0.3, -0.25) is 4.79 Å². The molecule has 0 bridgehead atoms. The molecule has 2 aromatic rings.